The van der Waals surface area contributed by atoms with E-state index in [2.05, 4.69) is 26.1 Å². The Morgan fingerprint density at radius 2 is 1.44 bits per heavy atom. The average Bonchev–Trinajstić information content (AvgIpc) is 2.25. The minimum atomic E-state index is -0.0348. The zero-order valence-corrected chi connectivity index (χ0v) is 13.0. The number of ketones is 1. The molecule has 0 fully saturated rings. The fourth-order valence-corrected chi connectivity index (χ4v) is 2.37. The summed E-state index contributed by atoms with van der Waals surface area (Å²) in [5, 5.41) is 3.48. The predicted octanol–water partition coefficient (Wildman–Crippen LogP) is 4.47. The smallest absolute Gasteiger partial charge is 0.131 e. The molecule has 1 N–H and O–H groups in total. The molecule has 0 atom stereocenters. The Kier molecular flexibility index (Phi) is 10.3. The Labute approximate surface area is 114 Å². The first-order valence-electron chi connectivity index (χ1n) is 7.72. The summed E-state index contributed by atoms with van der Waals surface area (Å²) in [7, 11) is 0. The molecular weight excluding hydrogens is 222 g/mol. The molecule has 0 aliphatic heterocycles. The lowest BCUT2D eigenvalue weighted by atomic mass is 9.98. The van der Waals surface area contributed by atoms with Gasteiger partial charge in [-0.25, -0.2) is 0 Å². The maximum atomic E-state index is 11.1. The van der Waals surface area contributed by atoms with Crippen molar-refractivity contribution in [1.82, 2.24) is 5.32 Å². The van der Waals surface area contributed by atoms with Crippen molar-refractivity contribution in [2.75, 3.05) is 6.54 Å². The standard InChI is InChI=1S/C16H33NO/c1-5-6-7-8-9-10-11-12-13-17-16(3,4)14-15(2)18/h17H,5-14H2,1-4H3. The zero-order chi connectivity index (χ0) is 13.9. The molecule has 108 valence electrons. The molecule has 0 rings (SSSR count). The lowest BCUT2D eigenvalue weighted by Crippen LogP contribution is -2.41. The molecule has 18 heavy (non-hydrogen) atoms. The topological polar surface area (TPSA) is 29.1 Å². The van der Waals surface area contributed by atoms with Gasteiger partial charge in [0, 0.05) is 12.0 Å². The van der Waals surface area contributed by atoms with Crippen LogP contribution in [0.2, 0.25) is 0 Å². The maximum absolute atomic E-state index is 11.1. The van der Waals surface area contributed by atoms with Crippen molar-refractivity contribution in [1.29, 1.82) is 0 Å². The van der Waals surface area contributed by atoms with E-state index in [0.29, 0.717) is 6.42 Å². The molecule has 2 nitrogen and oxygen atoms in total. The van der Waals surface area contributed by atoms with Gasteiger partial charge in [-0.05, 0) is 33.7 Å². The summed E-state index contributed by atoms with van der Waals surface area (Å²) in [5.74, 6) is 0.267. The van der Waals surface area contributed by atoms with Crippen LogP contribution >= 0.6 is 0 Å². The lowest BCUT2D eigenvalue weighted by Gasteiger charge is -2.25. The molecule has 0 spiro atoms. The minimum Gasteiger partial charge on any atom is -0.311 e. The van der Waals surface area contributed by atoms with E-state index in [9.17, 15) is 4.79 Å². The molecule has 0 aromatic rings. The van der Waals surface area contributed by atoms with E-state index >= 15 is 0 Å². The summed E-state index contributed by atoms with van der Waals surface area (Å²) in [6, 6.07) is 0. The van der Waals surface area contributed by atoms with Gasteiger partial charge in [0.15, 0.2) is 0 Å². The third kappa shape index (κ3) is 12.1. The molecule has 0 radical (unpaired) electrons. The second kappa shape index (κ2) is 10.5. The highest BCUT2D eigenvalue weighted by Gasteiger charge is 2.18. The number of Topliss-reactive ketones (excluding diaryl/α,β-unsaturated/α-hetero) is 1. The van der Waals surface area contributed by atoms with Gasteiger partial charge in [-0.3, -0.25) is 4.79 Å². The van der Waals surface area contributed by atoms with Crippen LogP contribution in [0.4, 0.5) is 0 Å². The quantitative estimate of drug-likeness (QED) is 0.521. The molecule has 0 heterocycles. The van der Waals surface area contributed by atoms with Gasteiger partial charge in [0.1, 0.15) is 5.78 Å². The molecule has 0 saturated heterocycles. The second-order valence-electron chi connectivity index (χ2n) is 6.16. The van der Waals surface area contributed by atoms with E-state index in [1.165, 1.54) is 51.4 Å². The normalized spacial score (nSPS) is 11.8. The SMILES string of the molecule is CCCCCCCCCCNC(C)(C)CC(C)=O. The highest BCUT2D eigenvalue weighted by atomic mass is 16.1. The van der Waals surface area contributed by atoms with Crippen LogP contribution in [0.15, 0.2) is 0 Å². The van der Waals surface area contributed by atoms with Crippen molar-refractivity contribution in [2.45, 2.75) is 91.0 Å². The number of hydrogen-bond acceptors (Lipinski definition) is 2. The van der Waals surface area contributed by atoms with Gasteiger partial charge in [0.2, 0.25) is 0 Å². The zero-order valence-electron chi connectivity index (χ0n) is 13.0. The van der Waals surface area contributed by atoms with Crippen LogP contribution in [-0.2, 0) is 4.79 Å². The summed E-state index contributed by atoms with van der Waals surface area (Å²) in [4.78, 5) is 11.1. The lowest BCUT2D eigenvalue weighted by molar-refractivity contribution is -0.118. The van der Waals surface area contributed by atoms with Crippen molar-refractivity contribution in [3.05, 3.63) is 0 Å². The highest BCUT2D eigenvalue weighted by molar-refractivity contribution is 5.76. The average molecular weight is 255 g/mol. The van der Waals surface area contributed by atoms with E-state index in [1.54, 1.807) is 6.92 Å². The summed E-state index contributed by atoms with van der Waals surface area (Å²) < 4.78 is 0. The Balaban J connectivity index is 3.31. The van der Waals surface area contributed by atoms with Crippen molar-refractivity contribution in [3.63, 3.8) is 0 Å². The van der Waals surface area contributed by atoms with E-state index in [0.717, 1.165) is 6.54 Å². The van der Waals surface area contributed by atoms with Gasteiger partial charge in [-0.15, -0.1) is 0 Å². The molecule has 0 saturated carbocycles. The van der Waals surface area contributed by atoms with E-state index in [4.69, 9.17) is 0 Å². The Bertz CT molecular complexity index is 211. The molecule has 0 aliphatic carbocycles. The van der Waals surface area contributed by atoms with Crippen molar-refractivity contribution >= 4 is 5.78 Å². The number of rotatable bonds is 12. The summed E-state index contributed by atoms with van der Waals surface area (Å²) in [5.41, 5.74) is -0.0348. The largest absolute Gasteiger partial charge is 0.311 e. The first-order chi connectivity index (χ1) is 8.48. The van der Waals surface area contributed by atoms with Crippen LogP contribution in [0.25, 0.3) is 0 Å². The van der Waals surface area contributed by atoms with Crippen molar-refractivity contribution in [2.24, 2.45) is 0 Å². The number of unbranched alkanes of at least 4 members (excludes halogenated alkanes) is 7. The Hall–Kier alpha value is -0.370. The molecular formula is C16H33NO. The van der Waals surface area contributed by atoms with Crippen LogP contribution in [-0.4, -0.2) is 17.9 Å². The van der Waals surface area contributed by atoms with E-state index in [1.807, 2.05) is 0 Å². The van der Waals surface area contributed by atoms with Crippen LogP contribution in [0.5, 0.6) is 0 Å². The van der Waals surface area contributed by atoms with Gasteiger partial charge in [-0.1, -0.05) is 51.9 Å². The molecule has 0 aromatic heterocycles. The maximum Gasteiger partial charge on any atom is 0.131 e. The second-order valence-corrected chi connectivity index (χ2v) is 6.16. The van der Waals surface area contributed by atoms with Crippen LogP contribution in [0, 0.1) is 0 Å². The highest BCUT2D eigenvalue weighted by Crippen LogP contribution is 2.10. The molecule has 0 amide bonds. The Morgan fingerprint density at radius 3 is 1.94 bits per heavy atom. The van der Waals surface area contributed by atoms with Crippen molar-refractivity contribution < 1.29 is 4.79 Å². The van der Waals surface area contributed by atoms with Gasteiger partial charge in [0.05, 0.1) is 0 Å². The van der Waals surface area contributed by atoms with Crippen LogP contribution in [0.3, 0.4) is 0 Å². The first kappa shape index (κ1) is 17.6. The first-order valence-corrected chi connectivity index (χ1v) is 7.72. The predicted molar refractivity (Wildman–Crippen MR) is 80.0 cm³/mol. The molecule has 0 unspecified atom stereocenters. The number of hydrogen-bond donors (Lipinski definition) is 1. The third-order valence-electron chi connectivity index (χ3n) is 3.32. The summed E-state index contributed by atoms with van der Waals surface area (Å²) in [6.07, 6.45) is 11.4. The van der Waals surface area contributed by atoms with E-state index in [-0.39, 0.29) is 11.3 Å². The fourth-order valence-electron chi connectivity index (χ4n) is 2.37. The van der Waals surface area contributed by atoms with Crippen LogP contribution < -0.4 is 5.32 Å². The van der Waals surface area contributed by atoms with Gasteiger partial charge < -0.3 is 5.32 Å². The Morgan fingerprint density at radius 1 is 0.944 bits per heavy atom. The summed E-state index contributed by atoms with van der Waals surface area (Å²) in [6.45, 7) is 9.18. The van der Waals surface area contributed by atoms with Gasteiger partial charge in [0.25, 0.3) is 0 Å². The molecule has 0 bridgehead atoms. The molecule has 0 aromatic carbocycles. The third-order valence-corrected chi connectivity index (χ3v) is 3.32. The number of nitrogens with one attached hydrogen (secondary N) is 1. The van der Waals surface area contributed by atoms with Crippen molar-refractivity contribution in [3.8, 4) is 0 Å². The summed E-state index contributed by atoms with van der Waals surface area (Å²) >= 11 is 0. The molecule has 2 heteroatoms. The number of carbonyl (C=O) groups excluding carboxylic acids is 1. The minimum absolute atomic E-state index is 0.0348. The van der Waals surface area contributed by atoms with Crippen LogP contribution in [0.1, 0.15) is 85.5 Å². The fraction of sp³-hybridized carbons (Fsp3) is 0.938. The molecule has 0 aliphatic rings. The van der Waals surface area contributed by atoms with Gasteiger partial charge >= 0.3 is 0 Å². The van der Waals surface area contributed by atoms with Gasteiger partial charge in [-0.2, -0.15) is 0 Å². The number of carbonyl (C=O) groups is 1. The monoisotopic (exact) mass is 255 g/mol. The van der Waals surface area contributed by atoms with E-state index < -0.39 is 0 Å².